The van der Waals surface area contributed by atoms with Crippen molar-refractivity contribution in [2.75, 3.05) is 5.73 Å². The van der Waals surface area contributed by atoms with Crippen LogP contribution in [0.25, 0.3) is 0 Å². The number of rotatable bonds is 0. The van der Waals surface area contributed by atoms with Gasteiger partial charge in [0.1, 0.15) is 0 Å². The van der Waals surface area contributed by atoms with Gasteiger partial charge >= 0.3 is 0 Å². The molecule has 0 fully saturated rings. The largest absolute Gasteiger partial charge is 0.395 e. The van der Waals surface area contributed by atoms with Crippen LogP contribution < -0.4 is 5.73 Å². The van der Waals surface area contributed by atoms with Crippen molar-refractivity contribution in [3.8, 4) is 0 Å². The molecule has 9 heavy (non-hydrogen) atoms. The first kappa shape index (κ1) is 6.48. The standard InChI is InChI=1S/C5H4BrFN2/c6-3-1-9-2-4(8)5(3)7/h1-2H,8H2. The number of anilines is 1. The Kier molecular flexibility index (Phi) is 1.66. The van der Waals surface area contributed by atoms with Gasteiger partial charge in [-0.15, -0.1) is 0 Å². The summed E-state index contributed by atoms with van der Waals surface area (Å²) < 4.78 is 12.8. The van der Waals surface area contributed by atoms with E-state index in [1.54, 1.807) is 0 Å². The lowest BCUT2D eigenvalue weighted by molar-refractivity contribution is 0.623. The van der Waals surface area contributed by atoms with Crippen molar-refractivity contribution < 1.29 is 4.39 Å². The molecule has 0 radical (unpaired) electrons. The molecule has 0 aromatic carbocycles. The minimum atomic E-state index is -0.454. The van der Waals surface area contributed by atoms with E-state index in [9.17, 15) is 4.39 Å². The Hall–Kier alpha value is -0.640. The van der Waals surface area contributed by atoms with Gasteiger partial charge in [0.15, 0.2) is 5.82 Å². The first-order valence-corrected chi connectivity index (χ1v) is 3.05. The van der Waals surface area contributed by atoms with Crippen LogP contribution in [0, 0.1) is 5.82 Å². The zero-order valence-electron chi connectivity index (χ0n) is 4.44. The highest BCUT2D eigenvalue weighted by atomic mass is 79.9. The van der Waals surface area contributed by atoms with E-state index in [-0.39, 0.29) is 5.69 Å². The lowest BCUT2D eigenvalue weighted by Crippen LogP contribution is -1.91. The summed E-state index contributed by atoms with van der Waals surface area (Å²) >= 11 is 2.93. The highest BCUT2D eigenvalue weighted by molar-refractivity contribution is 9.10. The third-order valence-corrected chi connectivity index (χ3v) is 1.42. The second-order valence-electron chi connectivity index (χ2n) is 1.52. The molecule has 1 rings (SSSR count). The van der Waals surface area contributed by atoms with E-state index in [1.807, 2.05) is 0 Å². The average molecular weight is 191 g/mol. The van der Waals surface area contributed by atoms with Gasteiger partial charge in [0, 0.05) is 6.20 Å². The number of nitrogen functional groups attached to an aromatic ring is 1. The van der Waals surface area contributed by atoms with E-state index in [1.165, 1.54) is 12.4 Å². The Labute approximate surface area is 60.0 Å². The number of nitrogens with two attached hydrogens (primary N) is 1. The molecule has 2 nitrogen and oxygen atoms in total. The van der Waals surface area contributed by atoms with Gasteiger partial charge in [0.25, 0.3) is 0 Å². The summed E-state index contributed by atoms with van der Waals surface area (Å²) in [7, 11) is 0. The Balaban J connectivity index is 3.25. The summed E-state index contributed by atoms with van der Waals surface area (Å²) in [6.45, 7) is 0. The van der Waals surface area contributed by atoms with E-state index < -0.39 is 5.82 Å². The third kappa shape index (κ3) is 1.18. The molecule has 0 saturated heterocycles. The van der Waals surface area contributed by atoms with Crippen molar-refractivity contribution >= 4 is 21.6 Å². The zero-order chi connectivity index (χ0) is 6.85. The molecule has 0 spiro atoms. The molecule has 4 heteroatoms. The summed E-state index contributed by atoms with van der Waals surface area (Å²) in [6, 6.07) is 0. The van der Waals surface area contributed by atoms with E-state index in [0.717, 1.165) is 0 Å². The summed E-state index contributed by atoms with van der Waals surface area (Å²) in [5.74, 6) is -0.454. The minimum absolute atomic E-state index is 0.0596. The topological polar surface area (TPSA) is 38.9 Å². The number of hydrogen-bond acceptors (Lipinski definition) is 2. The molecule has 2 N–H and O–H groups in total. The molecule has 0 aliphatic heterocycles. The molecule has 0 saturated carbocycles. The second-order valence-corrected chi connectivity index (χ2v) is 2.38. The molecule has 0 unspecified atom stereocenters. The van der Waals surface area contributed by atoms with Crippen LogP contribution in [0.4, 0.5) is 10.1 Å². The monoisotopic (exact) mass is 190 g/mol. The van der Waals surface area contributed by atoms with Crippen LogP contribution in [0.1, 0.15) is 0 Å². The fourth-order valence-electron chi connectivity index (χ4n) is 0.434. The van der Waals surface area contributed by atoms with E-state index >= 15 is 0 Å². The predicted octanol–water partition coefficient (Wildman–Crippen LogP) is 1.57. The van der Waals surface area contributed by atoms with Crippen molar-refractivity contribution in [3.05, 3.63) is 22.7 Å². The van der Waals surface area contributed by atoms with Crippen molar-refractivity contribution in [3.63, 3.8) is 0 Å². The fourth-order valence-corrected chi connectivity index (χ4v) is 0.781. The van der Waals surface area contributed by atoms with E-state index in [0.29, 0.717) is 4.47 Å². The highest BCUT2D eigenvalue weighted by Crippen LogP contribution is 2.17. The highest BCUT2D eigenvalue weighted by Gasteiger charge is 2.00. The van der Waals surface area contributed by atoms with Crippen LogP contribution in [0.15, 0.2) is 16.9 Å². The Bertz CT molecular complexity index is 206. The van der Waals surface area contributed by atoms with Gasteiger partial charge in [-0.05, 0) is 15.9 Å². The summed E-state index contributed by atoms with van der Waals surface area (Å²) in [5, 5.41) is 0. The van der Waals surface area contributed by atoms with Gasteiger partial charge < -0.3 is 5.73 Å². The lowest BCUT2D eigenvalue weighted by Gasteiger charge is -1.94. The Morgan fingerprint density at radius 3 is 2.67 bits per heavy atom. The summed E-state index contributed by atoms with van der Waals surface area (Å²) in [4.78, 5) is 3.63. The van der Waals surface area contributed by atoms with Crippen LogP contribution in [0.5, 0.6) is 0 Å². The Morgan fingerprint density at radius 1 is 1.56 bits per heavy atom. The van der Waals surface area contributed by atoms with Gasteiger partial charge in [-0.25, -0.2) is 4.39 Å². The molecule has 0 amide bonds. The zero-order valence-corrected chi connectivity index (χ0v) is 6.02. The van der Waals surface area contributed by atoms with Crippen molar-refractivity contribution in [2.24, 2.45) is 0 Å². The van der Waals surface area contributed by atoms with Gasteiger partial charge in [0.05, 0.1) is 16.4 Å². The molecule has 48 valence electrons. The molecule has 1 heterocycles. The van der Waals surface area contributed by atoms with Crippen LogP contribution in [0.3, 0.4) is 0 Å². The van der Waals surface area contributed by atoms with Crippen molar-refractivity contribution in [1.29, 1.82) is 0 Å². The molecule has 0 atom stereocenters. The molecule has 0 aliphatic carbocycles. The smallest absolute Gasteiger partial charge is 0.163 e. The Morgan fingerprint density at radius 2 is 2.22 bits per heavy atom. The number of aromatic nitrogens is 1. The predicted molar refractivity (Wildman–Crippen MR) is 36.3 cm³/mol. The summed E-state index contributed by atoms with van der Waals surface area (Å²) in [5.41, 5.74) is 5.21. The second kappa shape index (κ2) is 2.31. The van der Waals surface area contributed by atoms with Crippen LogP contribution in [0.2, 0.25) is 0 Å². The minimum Gasteiger partial charge on any atom is -0.395 e. The lowest BCUT2D eigenvalue weighted by atomic mass is 10.4. The van der Waals surface area contributed by atoms with Crippen molar-refractivity contribution in [1.82, 2.24) is 4.98 Å². The van der Waals surface area contributed by atoms with E-state index in [4.69, 9.17) is 5.73 Å². The molecular weight excluding hydrogens is 187 g/mol. The fraction of sp³-hybridized carbons (Fsp3) is 0. The van der Waals surface area contributed by atoms with E-state index in [2.05, 4.69) is 20.9 Å². The normalized spacial score (nSPS) is 9.56. The number of hydrogen-bond donors (Lipinski definition) is 1. The van der Waals surface area contributed by atoms with Crippen molar-refractivity contribution in [2.45, 2.75) is 0 Å². The maximum atomic E-state index is 12.5. The first-order valence-electron chi connectivity index (χ1n) is 2.26. The van der Waals surface area contributed by atoms with Gasteiger partial charge in [0.2, 0.25) is 0 Å². The van der Waals surface area contributed by atoms with Gasteiger partial charge in [-0.2, -0.15) is 0 Å². The molecular formula is C5H4BrFN2. The first-order chi connectivity index (χ1) is 4.22. The maximum absolute atomic E-state index is 12.5. The third-order valence-electron chi connectivity index (χ3n) is 0.865. The maximum Gasteiger partial charge on any atom is 0.163 e. The average Bonchev–Trinajstić information content (AvgIpc) is 1.83. The summed E-state index contributed by atoms with van der Waals surface area (Å²) in [6.07, 6.45) is 2.62. The number of halogens is 2. The van der Waals surface area contributed by atoms with Crippen LogP contribution in [-0.2, 0) is 0 Å². The number of nitrogens with zero attached hydrogens (tertiary/aromatic N) is 1. The van der Waals surface area contributed by atoms with Crippen LogP contribution >= 0.6 is 15.9 Å². The quantitative estimate of drug-likeness (QED) is 0.675. The SMILES string of the molecule is Nc1cncc(Br)c1F. The number of pyridine rings is 1. The van der Waals surface area contributed by atoms with Gasteiger partial charge in [-0.3, -0.25) is 4.98 Å². The van der Waals surface area contributed by atoms with Gasteiger partial charge in [-0.1, -0.05) is 0 Å². The molecule has 1 aromatic rings. The molecule has 0 aliphatic rings. The molecule has 1 aromatic heterocycles. The van der Waals surface area contributed by atoms with Crippen LogP contribution in [-0.4, -0.2) is 4.98 Å². The molecule has 0 bridgehead atoms.